The Bertz CT molecular complexity index is 326. The Hall–Kier alpha value is -0.860. The lowest BCUT2D eigenvalue weighted by atomic mass is 10.00. The highest BCUT2D eigenvalue weighted by Crippen LogP contribution is 2.15. The van der Waals surface area contributed by atoms with Gasteiger partial charge >= 0.3 is 0 Å². The first-order valence-corrected chi connectivity index (χ1v) is 7.57. The molecule has 0 bridgehead atoms. The van der Waals surface area contributed by atoms with E-state index >= 15 is 0 Å². The molecule has 1 rings (SSSR count). The summed E-state index contributed by atoms with van der Waals surface area (Å²) >= 11 is 0. The van der Waals surface area contributed by atoms with Crippen molar-refractivity contribution in [3.63, 3.8) is 0 Å². The Labute approximate surface area is 118 Å². The summed E-state index contributed by atoms with van der Waals surface area (Å²) in [6.45, 7) is 8.86. The topological polar surface area (TPSA) is 32.3 Å². The standard InChI is InChI=1S/C17H29NO/c1-4-5-15(10-11-19)12-18-13-16-6-8-17(9-7-16)14(2)3/h6-9,14-15,18-19H,4-5,10-13H2,1-3H3. The molecule has 2 nitrogen and oxygen atoms in total. The predicted molar refractivity (Wildman–Crippen MR) is 82.3 cm³/mol. The molecule has 0 amide bonds. The van der Waals surface area contributed by atoms with Crippen molar-refractivity contribution in [1.29, 1.82) is 0 Å². The lowest BCUT2D eigenvalue weighted by Gasteiger charge is -2.16. The molecule has 0 heterocycles. The van der Waals surface area contributed by atoms with Gasteiger partial charge in [0.2, 0.25) is 0 Å². The van der Waals surface area contributed by atoms with Crippen LogP contribution in [0.15, 0.2) is 24.3 Å². The van der Waals surface area contributed by atoms with E-state index in [9.17, 15) is 0 Å². The maximum atomic E-state index is 9.03. The van der Waals surface area contributed by atoms with Crippen LogP contribution in [0.25, 0.3) is 0 Å². The monoisotopic (exact) mass is 263 g/mol. The Morgan fingerprint density at radius 3 is 2.32 bits per heavy atom. The van der Waals surface area contributed by atoms with E-state index in [1.807, 2.05) is 0 Å². The number of nitrogens with one attached hydrogen (secondary N) is 1. The summed E-state index contributed by atoms with van der Waals surface area (Å²) in [5.74, 6) is 1.20. The zero-order chi connectivity index (χ0) is 14.1. The van der Waals surface area contributed by atoms with Crippen molar-refractivity contribution in [2.45, 2.75) is 52.5 Å². The van der Waals surface area contributed by atoms with Crippen LogP contribution in [0, 0.1) is 5.92 Å². The van der Waals surface area contributed by atoms with Crippen LogP contribution < -0.4 is 5.32 Å². The van der Waals surface area contributed by atoms with Gasteiger partial charge in [0.15, 0.2) is 0 Å². The molecule has 1 atom stereocenters. The summed E-state index contributed by atoms with van der Waals surface area (Å²) in [4.78, 5) is 0. The van der Waals surface area contributed by atoms with Crippen molar-refractivity contribution >= 4 is 0 Å². The second-order valence-electron chi connectivity index (χ2n) is 5.69. The first-order chi connectivity index (χ1) is 9.17. The van der Waals surface area contributed by atoms with Gasteiger partial charge in [-0.1, -0.05) is 51.5 Å². The van der Waals surface area contributed by atoms with E-state index in [4.69, 9.17) is 5.11 Å². The fraction of sp³-hybridized carbons (Fsp3) is 0.647. The van der Waals surface area contributed by atoms with Gasteiger partial charge in [0.25, 0.3) is 0 Å². The van der Waals surface area contributed by atoms with Crippen molar-refractivity contribution in [2.24, 2.45) is 5.92 Å². The van der Waals surface area contributed by atoms with E-state index in [1.165, 1.54) is 24.0 Å². The molecule has 1 unspecified atom stereocenters. The fourth-order valence-electron chi connectivity index (χ4n) is 2.38. The zero-order valence-corrected chi connectivity index (χ0v) is 12.7. The summed E-state index contributed by atoms with van der Waals surface area (Å²) in [6, 6.07) is 8.87. The predicted octanol–water partition coefficient (Wildman–Crippen LogP) is 3.70. The van der Waals surface area contributed by atoms with Crippen LogP contribution in [-0.4, -0.2) is 18.3 Å². The Morgan fingerprint density at radius 1 is 1.11 bits per heavy atom. The molecule has 19 heavy (non-hydrogen) atoms. The maximum absolute atomic E-state index is 9.03. The third-order valence-electron chi connectivity index (χ3n) is 3.64. The molecule has 0 saturated heterocycles. The minimum atomic E-state index is 0.301. The van der Waals surface area contributed by atoms with Gasteiger partial charge in [-0.05, 0) is 42.3 Å². The van der Waals surface area contributed by atoms with Crippen molar-refractivity contribution in [3.8, 4) is 0 Å². The molecular formula is C17H29NO. The van der Waals surface area contributed by atoms with Crippen LogP contribution >= 0.6 is 0 Å². The summed E-state index contributed by atoms with van der Waals surface area (Å²) in [7, 11) is 0. The highest BCUT2D eigenvalue weighted by molar-refractivity contribution is 5.24. The molecule has 1 aromatic carbocycles. The van der Waals surface area contributed by atoms with Gasteiger partial charge < -0.3 is 10.4 Å². The number of rotatable bonds is 9. The number of aliphatic hydroxyl groups is 1. The van der Waals surface area contributed by atoms with Crippen molar-refractivity contribution in [2.75, 3.05) is 13.2 Å². The summed E-state index contributed by atoms with van der Waals surface area (Å²) in [5, 5.41) is 12.5. The van der Waals surface area contributed by atoms with E-state index in [0.717, 1.165) is 19.5 Å². The van der Waals surface area contributed by atoms with E-state index in [2.05, 4.69) is 50.4 Å². The Kier molecular flexibility index (Phi) is 7.76. The average Bonchev–Trinajstić information content (AvgIpc) is 2.40. The first-order valence-electron chi connectivity index (χ1n) is 7.57. The summed E-state index contributed by atoms with van der Waals surface area (Å²) in [6.07, 6.45) is 3.29. The van der Waals surface area contributed by atoms with Crippen molar-refractivity contribution < 1.29 is 5.11 Å². The average molecular weight is 263 g/mol. The summed E-state index contributed by atoms with van der Waals surface area (Å²) in [5.41, 5.74) is 2.73. The quantitative estimate of drug-likeness (QED) is 0.712. The van der Waals surface area contributed by atoms with Gasteiger partial charge in [-0.2, -0.15) is 0 Å². The van der Waals surface area contributed by atoms with Crippen LogP contribution in [0.2, 0.25) is 0 Å². The minimum absolute atomic E-state index is 0.301. The number of hydrogen-bond donors (Lipinski definition) is 2. The van der Waals surface area contributed by atoms with E-state index in [0.29, 0.717) is 18.4 Å². The second kappa shape index (κ2) is 9.11. The molecule has 0 aliphatic carbocycles. The molecule has 1 aromatic rings. The van der Waals surface area contributed by atoms with Crippen LogP contribution in [0.3, 0.4) is 0 Å². The molecule has 0 aliphatic rings. The van der Waals surface area contributed by atoms with Gasteiger partial charge in [-0.15, -0.1) is 0 Å². The fourth-order valence-corrected chi connectivity index (χ4v) is 2.38. The Balaban J connectivity index is 2.35. The molecule has 108 valence electrons. The van der Waals surface area contributed by atoms with E-state index < -0.39 is 0 Å². The van der Waals surface area contributed by atoms with Gasteiger partial charge in [0.1, 0.15) is 0 Å². The van der Waals surface area contributed by atoms with Crippen LogP contribution in [0.1, 0.15) is 57.1 Å². The molecule has 0 saturated carbocycles. The summed E-state index contributed by atoms with van der Waals surface area (Å²) < 4.78 is 0. The molecule has 2 N–H and O–H groups in total. The van der Waals surface area contributed by atoms with Gasteiger partial charge in [-0.3, -0.25) is 0 Å². The third-order valence-corrected chi connectivity index (χ3v) is 3.64. The smallest absolute Gasteiger partial charge is 0.0434 e. The second-order valence-corrected chi connectivity index (χ2v) is 5.69. The van der Waals surface area contributed by atoms with Crippen molar-refractivity contribution in [3.05, 3.63) is 35.4 Å². The van der Waals surface area contributed by atoms with E-state index in [1.54, 1.807) is 0 Å². The number of aliphatic hydroxyl groups excluding tert-OH is 1. The van der Waals surface area contributed by atoms with Gasteiger partial charge in [-0.25, -0.2) is 0 Å². The minimum Gasteiger partial charge on any atom is -0.396 e. The lowest BCUT2D eigenvalue weighted by Crippen LogP contribution is -2.23. The van der Waals surface area contributed by atoms with Crippen LogP contribution in [-0.2, 0) is 6.54 Å². The van der Waals surface area contributed by atoms with Crippen LogP contribution in [0.5, 0.6) is 0 Å². The number of hydrogen-bond acceptors (Lipinski definition) is 2. The Morgan fingerprint density at radius 2 is 1.79 bits per heavy atom. The maximum Gasteiger partial charge on any atom is 0.0434 e. The molecule has 0 aromatic heterocycles. The first kappa shape index (κ1) is 16.2. The molecule has 0 aliphatic heterocycles. The van der Waals surface area contributed by atoms with Gasteiger partial charge in [0, 0.05) is 13.2 Å². The molecular weight excluding hydrogens is 234 g/mol. The molecule has 0 radical (unpaired) electrons. The molecule has 2 heteroatoms. The largest absolute Gasteiger partial charge is 0.396 e. The lowest BCUT2D eigenvalue weighted by molar-refractivity contribution is 0.248. The highest BCUT2D eigenvalue weighted by Gasteiger charge is 2.06. The zero-order valence-electron chi connectivity index (χ0n) is 12.7. The highest BCUT2D eigenvalue weighted by atomic mass is 16.3. The molecule has 0 fully saturated rings. The normalized spacial score (nSPS) is 12.9. The van der Waals surface area contributed by atoms with E-state index in [-0.39, 0.29) is 0 Å². The van der Waals surface area contributed by atoms with Crippen molar-refractivity contribution in [1.82, 2.24) is 5.32 Å². The SMILES string of the molecule is CCCC(CCO)CNCc1ccc(C(C)C)cc1. The van der Waals surface area contributed by atoms with Crippen LogP contribution in [0.4, 0.5) is 0 Å². The molecule has 0 spiro atoms. The third kappa shape index (κ3) is 6.22. The number of benzene rings is 1. The van der Waals surface area contributed by atoms with Gasteiger partial charge in [0.05, 0.1) is 0 Å².